The van der Waals surface area contributed by atoms with Crippen molar-refractivity contribution in [2.24, 2.45) is 0 Å². The summed E-state index contributed by atoms with van der Waals surface area (Å²) >= 11 is 12.8. The fourth-order valence-electron chi connectivity index (χ4n) is 4.86. The molecule has 0 aliphatic carbocycles. The lowest BCUT2D eigenvalue weighted by atomic mass is 10.1. The van der Waals surface area contributed by atoms with Gasteiger partial charge in [0.1, 0.15) is 23.0 Å². The Balaban J connectivity index is 1.41. The zero-order valence-electron chi connectivity index (χ0n) is 23.3. The van der Waals surface area contributed by atoms with Crippen LogP contribution in [0.3, 0.4) is 0 Å². The van der Waals surface area contributed by atoms with E-state index in [2.05, 4.69) is 25.8 Å². The molecule has 0 spiro atoms. The molecule has 2 N–H and O–H groups in total. The second kappa shape index (κ2) is 12.8. The van der Waals surface area contributed by atoms with Crippen LogP contribution in [0.5, 0.6) is 0 Å². The van der Waals surface area contributed by atoms with Crippen LogP contribution in [0.1, 0.15) is 43.3 Å². The number of aromatic amines is 1. The summed E-state index contributed by atoms with van der Waals surface area (Å²) in [5.74, 6) is -0.202. The van der Waals surface area contributed by atoms with Crippen LogP contribution < -0.4 is 5.32 Å². The van der Waals surface area contributed by atoms with Crippen LogP contribution in [-0.4, -0.2) is 72.2 Å². The van der Waals surface area contributed by atoms with Crippen LogP contribution in [0.2, 0.25) is 10.2 Å². The normalized spacial score (nSPS) is 17.9. The third kappa shape index (κ3) is 7.04. The van der Waals surface area contributed by atoms with Crippen molar-refractivity contribution in [1.82, 2.24) is 40.4 Å². The molecule has 2 amide bonds. The Morgan fingerprint density at radius 3 is 2.57 bits per heavy atom. The van der Waals surface area contributed by atoms with Crippen LogP contribution in [-0.2, 0) is 14.3 Å². The SMILES string of the molecule is Cc1ccc(-c2nc([C@H](CC(=O)N3CC(C)OC(C)C3)NC(=O)/C=C/c3cc(Cl)ccc3-n3cnnn3)[nH]c2Cl)cc1. The van der Waals surface area contributed by atoms with Gasteiger partial charge in [-0.1, -0.05) is 53.0 Å². The maximum atomic E-state index is 13.4. The highest BCUT2D eigenvalue weighted by atomic mass is 35.5. The molecule has 218 valence electrons. The highest BCUT2D eigenvalue weighted by Crippen LogP contribution is 2.29. The van der Waals surface area contributed by atoms with E-state index in [1.165, 1.54) is 17.1 Å². The Morgan fingerprint density at radius 2 is 1.88 bits per heavy atom. The molecule has 1 aliphatic rings. The van der Waals surface area contributed by atoms with E-state index < -0.39 is 11.9 Å². The highest BCUT2D eigenvalue weighted by Gasteiger charge is 2.30. The third-order valence-electron chi connectivity index (χ3n) is 6.80. The number of ether oxygens (including phenoxy) is 1. The van der Waals surface area contributed by atoms with Gasteiger partial charge in [0, 0.05) is 35.3 Å². The molecule has 42 heavy (non-hydrogen) atoms. The molecule has 1 fully saturated rings. The summed E-state index contributed by atoms with van der Waals surface area (Å²) in [5, 5.41) is 15.0. The number of hydrogen-bond acceptors (Lipinski definition) is 7. The van der Waals surface area contributed by atoms with E-state index in [0.29, 0.717) is 46.0 Å². The number of carbonyl (C=O) groups is 2. The number of imidazole rings is 1. The van der Waals surface area contributed by atoms with Crippen molar-refractivity contribution in [2.45, 2.75) is 45.4 Å². The molecule has 4 aromatic rings. The van der Waals surface area contributed by atoms with Crippen molar-refractivity contribution in [1.29, 1.82) is 0 Å². The summed E-state index contributed by atoms with van der Waals surface area (Å²) in [6.45, 7) is 6.78. The van der Waals surface area contributed by atoms with Gasteiger partial charge in [-0.25, -0.2) is 4.98 Å². The third-order valence-corrected chi connectivity index (χ3v) is 7.31. The molecule has 3 heterocycles. The average molecular weight is 610 g/mol. The molecule has 0 bridgehead atoms. The van der Waals surface area contributed by atoms with Gasteiger partial charge >= 0.3 is 0 Å². The molecule has 3 atom stereocenters. The lowest BCUT2D eigenvalue weighted by molar-refractivity contribution is -0.143. The van der Waals surface area contributed by atoms with Crippen molar-refractivity contribution < 1.29 is 14.3 Å². The first-order valence-electron chi connectivity index (χ1n) is 13.4. The average Bonchev–Trinajstić information content (AvgIpc) is 3.62. The van der Waals surface area contributed by atoms with Gasteiger partial charge in [0.25, 0.3) is 0 Å². The van der Waals surface area contributed by atoms with Gasteiger partial charge in [-0.15, -0.1) is 5.10 Å². The van der Waals surface area contributed by atoms with Crippen LogP contribution in [0.15, 0.2) is 54.9 Å². The Kier molecular flexibility index (Phi) is 9.00. The summed E-state index contributed by atoms with van der Waals surface area (Å²) in [7, 11) is 0. The van der Waals surface area contributed by atoms with Gasteiger partial charge in [-0.05, 0) is 55.5 Å². The molecular formula is C29H30Cl2N8O3. The standard InChI is InChI=1S/C29H30Cl2N8O3/c1-17-4-6-20(7-5-17)27-28(31)35-29(34-27)23(13-26(41)38-14-18(2)42-19(3)15-38)33-25(40)11-8-21-12-22(30)9-10-24(21)39-16-32-36-37-39/h4-12,16,18-19,23H,13-15H2,1-3H3,(H,33,40)(H,34,35)/b11-8+/t18?,19?,23-/m0/s1. The second-order valence-electron chi connectivity index (χ2n) is 10.3. The molecule has 0 saturated carbocycles. The maximum absolute atomic E-state index is 13.4. The minimum Gasteiger partial charge on any atom is -0.372 e. The number of nitrogens with one attached hydrogen (secondary N) is 2. The molecule has 2 unspecified atom stereocenters. The summed E-state index contributed by atoms with van der Waals surface area (Å²) in [6.07, 6.45) is 4.21. The monoisotopic (exact) mass is 608 g/mol. The smallest absolute Gasteiger partial charge is 0.244 e. The van der Waals surface area contributed by atoms with Gasteiger partial charge in [0.2, 0.25) is 11.8 Å². The van der Waals surface area contributed by atoms with Gasteiger partial charge in [0.05, 0.1) is 30.4 Å². The minimum atomic E-state index is -0.779. The number of hydrogen-bond donors (Lipinski definition) is 2. The van der Waals surface area contributed by atoms with E-state index in [1.54, 1.807) is 29.2 Å². The molecule has 2 aromatic heterocycles. The maximum Gasteiger partial charge on any atom is 0.244 e. The van der Waals surface area contributed by atoms with Crippen LogP contribution in [0.25, 0.3) is 23.0 Å². The van der Waals surface area contributed by atoms with Crippen molar-refractivity contribution in [2.75, 3.05) is 13.1 Å². The molecule has 13 heteroatoms. The first-order chi connectivity index (χ1) is 20.2. The van der Waals surface area contributed by atoms with Gasteiger partial charge in [-0.3, -0.25) is 9.59 Å². The van der Waals surface area contributed by atoms with E-state index in [-0.39, 0.29) is 24.5 Å². The van der Waals surface area contributed by atoms with Crippen molar-refractivity contribution in [3.8, 4) is 16.9 Å². The first-order valence-corrected chi connectivity index (χ1v) is 14.2. The Labute approximate surface area is 252 Å². The Bertz CT molecular complexity index is 1580. The minimum absolute atomic E-state index is 0.0246. The predicted octanol–water partition coefficient (Wildman–Crippen LogP) is 4.56. The summed E-state index contributed by atoms with van der Waals surface area (Å²) in [5.41, 5.74) is 3.71. The van der Waals surface area contributed by atoms with E-state index in [9.17, 15) is 9.59 Å². The van der Waals surface area contributed by atoms with Crippen molar-refractivity contribution in [3.63, 3.8) is 0 Å². The Hall–Kier alpha value is -4.06. The summed E-state index contributed by atoms with van der Waals surface area (Å²) < 4.78 is 7.25. The zero-order valence-corrected chi connectivity index (χ0v) is 24.8. The van der Waals surface area contributed by atoms with Gasteiger partial charge in [0.15, 0.2) is 0 Å². The lowest BCUT2D eigenvalue weighted by Gasteiger charge is -2.36. The number of amides is 2. The predicted molar refractivity (Wildman–Crippen MR) is 159 cm³/mol. The number of morpholine rings is 1. The van der Waals surface area contributed by atoms with E-state index >= 15 is 0 Å². The van der Waals surface area contributed by atoms with Crippen LogP contribution in [0, 0.1) is 6.92 Å². The van der Waals surface area contributed by atoms with Crippen molar-refractivity contribution in [3.05, 3.63) is 82.0 Å². The molecule has 0 radical (unpaired) electrons. The summed E-state index contributed by atoms with van der Waals surface area (Å²) in [4.78, 5) is 36.2. The van der Waals surface area contributed by atoms with E-state index in [1.807, 2.05) is 45.0 Å². The zero-order chi connectivity index (χ0) is 29.8. The molecule has 5 rings (SSSR count). The lowest BCUT2D eigenvalue weighted by Crippen LogP contribution is -2.49. The summed E-state index contributed by atoms with van der Waals surface area (Å²) in [6, 6.07) is 12.2. The quantitative estimate of drug-likeness (QED) is 0.280. The number of benzene rings is 2. The molecule has 1 saturated heterocycles. The van der Waals surface area contributed by atoms with Gasteiger partial charge < -0.3 is 19.9 Å². The fraction of sp³-hybridized carbons (Fsp3) is 0.310. The topological polar surface area (TPSA) is 131 Å². The first kappa shape index (κ1) is 29.4. The molecule has 1 aliphatic heterocycles. The van der Waals surface area contributed by atoms with Gasteiger partial charge in [-0.2, -0.15) is 4.68 Å². The largest absolute Gasteiger partial charge is 0.372 e. The number of aromatic nitrogens is 6. The number of rotatable bonds is 8. The number of nitrogens with zero attached hydrogens (tertiary/aromatic N) is 6. The van der Waals surface area contributed by atoms with Crippen LogP contribution >= 0.6 is 23.2 Å². The fourth-order valence-corrected chi connectivity index (χ4v) is 5.29. The number of H-pyrrole nitrogens is 1. The Morgan fingerprint density at radius 1 is 1.14 bits per heavy atom. The highest BCUT2D eigenvalue weighted by molar-refractivity contribution is 6.32. The number of aryl methyl sites for hydroxylation is 1. The number of tetrazole rings is 1. The molecule has 11 nitrogen and oxygen atoms in total. The van der Waals surface area contributed by atoms with Crippen LogP contribution in [0.4, 0.5) is 0 Å². The molecular weight excluding hydrogens is 579 g/mol. The van der Waals surface area contributed by atoms with Crippen molar-refractivity contribution >= 4 is 41.1 Å². The number of carbonyl (C=O) groups excluding carboxylic acids is 2. The molecule has 2 aromatic carbocycles. The van der Waals surface area contributed by atoms with E-state index in [4.69, 9.17) is 32.9 Å². The second-order valence-corrected chi connectivity index (χ2v) is 11.1. The van der Waals surface area contributed by atoms with E-state index in [0.717, 1.165) is 11.1 Å². The number of halogens is 2.